The molecule has 4 nitrogen and oxygen atoms in total. The first-order chi connectivity index (χ1) is 10.3. The summed E-state index contributed by atoms with van der Waals surface area (Å²) >= 11 is 0. The van der Waals surface area contributed by atoms with Crippen molar-refractivity contribution in [3.05, 3.63) is 24.0 Å². The van der Waals surface area contributed by atoms with Crippen molar-refractivity contribution in [3.8, 4) is 0 Å². The number of aromatic nitrogens is 1. The molecule has 3 heterocycles. The van der Waals surface area contributed by atoms with Crippen molar-refractivity contribution in [3.63, 3.8) is 0 Å². The second-order valence-electron chi connectivity index (χ2n) is 6.54. The van der Waals surface area contributed by atoms with Crippen LogP contribution in [0.2, 0.25) is 0 Å². The van der Waals surface area contributed by atoms with Crippen LogP contribution >= 0.6 is 0 Å². The van der Waals surface area contributed by atoms with Gasteiger partial charge in [0.2, 0.25) is 0 Å². The van der Waals surface area contributed by atoms with Crippen LogP contribution in [-0.4, -0.2) is 54.1 Å². The lowest BCUT2D eigenvalue weighted by atomic mass is 9.84. The van der Waals surface area contributed by atoms with Gasteiger partial charge >= 0.3 is 0 Å². The minimum atomic E-state index is 0.816. The molecule has 116 valence electrons. The zero-order valence-electron chi connectivity index (χ0n) is 13.4. The van der Waals surface area contributed by atoms with Crippen LogP contribution in [-0.2, 0) is 6.54 Å². The highest BCUT2D eigenvalue weighted by Crippen LogP contribution is 2.30. The maximum Gasteiger partial charge on any atom is 0.0564 e. The summed E-state index contributed by atoms with van der Waals surface area (Å²) in [6.07, 6.45) is 6.00. The number of hydrogen-bond acceptors (Lipinski definition) is 4. The highest BCUT2D eigenvalue weighted by molar-refractivity contribution is 5.42. The molecule has 0 bridgehead atoms. The first kappa shape index (κ1) is 14.8. The lowest BCUT2D eigenvalue weighted by molar-refractivity contribution is 0.0350. The molecule has 2 unspecified atom stereocenters. The van der Waals surface area contributed by atoms with Crippen LogP contribution in [0.25, 0.3) is 0 Å². The minimum Gasteiger partial charge on any atom is -0.385 e. The molecule has 0 radical (unpaired) electrons. The molecule has 0 amide bonds. The van der Waals surface area contributed by atoms with Crippen molar-refractivity contribution in [1.29, 1.82) is 0 Å². The molecular weight excluding hydrogens is 260 g/mol. The number of rotatable bonds is 4. The molecule has 2 aliphatic heterocycles. The average Bonchev–Trinajstić information content (AvgIpc) is 2.48. The fraction of sp³-hybridized carbons (Fsp3) is 0.706. The topological polar surface area (TPSA) is 31.4 Å². The number of fused-ring (bicyclic) bond motifs is 1. The molecule has 2 atom stereocenters. The quantitative estimate of drug-likeness (QED) is 0.922. The molecule has 1 aromatic heterocycles. The van der Waals surface area contributed by atoms with Gasteiger partial charge in [-0.15, -0.1) is 0 Å². The zero-order chi connectivity index (χ0) is 14.7. The molecule has 0 saturated carbocycles. The van der Waals surface area contributed by atoms with Gasteiger partial charge in [-0.3, -0.25) is 9.88 Å². The van der Waals surface area contributed by atoms with Gasteiger partial charge in [-0.05, 0) is 57.8 Å². The minimum absolute atomic E-state index is 0.816. The van der Waals surface area contributed by atoms with Gasteiger partial charge in [0.1, 0.15) is 0 Å². The Morgan fingerprint density at radius 2 is 2.24 bits per heavy atom. The van der Waals surface area contributed by atoms with Gasteiger partial charge in [0.05, 0.1) is 5.69 Å². The van der Waals surface area contributed by atoms with E-state index in [-0.39, 0.29) is 0 Å². The number of nitrogens with one attached hydrogen (secondary N) is 1. The summed E-state index contributed by atoms with van der Waals surface area (Å²) in [4.78, 5) is 9.72. The van der Waals surface area contributed by atoms with Crippen molar-refractivity contribution in [1.82, 2.24) is 14.8 Å². The number of pyridine rings is 1. The number of piperidine rings is 2. The summed E-state index contributed by atoms with van der Waals surface area (Å²) in [5.74, 6) is 0.856. The fourth-order valence-electron chi connectivity index (χ4n) is 3.98. The molecule has 1 N–H and O–H groups in total. The van der Waals surface area contributed by atoms with Crippen LogP contribution in [0.5, 0.6) is 0 Å². The van der Waals surface area contributed by atoms with E-state index in [1.807, 2.05) is 6.20 Å². The number of nitrogens with zero attached hydrogens (tertiary/aromatic N) is 3. The standard InChI is InChI=1S/C17H28N4/c1-3-18-15-6-8-19-16(11-15)13-21-10-7-17-14(12-21)5-4-9-20(17)2/h6,8,11,14,17H,3-5,7,9-10,12-13H2,1-2H3,(H,18,19). The van der Waals surface area contributed by atoms with E-state index in [4.69, 9.17) is 0 Å². The average molecular weight is 288 g/mol. The maximum absolute atomic E-state index is 4.54. The Kier molecular flexibility index (Phi) is 4.76. The van der Waals surface area contributed by atoms with Crippen LogP contribution in [0.3, 0.4) is 0 Å². The van der Waals surface area contributed by atoms with Gasteiger partial charge in [-0.2, -0.15) is 0 Å². The van der Waals surface area contributed by atoms with Crippen molar-refractivity contribution in [2.24, 2.45) is 5.92 Å². The molecule has 2 saturated heterocycles. The molecule has 4 heteroatoms. The molecule has 2 fully saturated rings. The normalized spacial score (nSPS) is 27.3. The molecule has 2 aliphatic rings. The van der Waals surface area contributed by atoms with Gasteiger partial charge in [-0.25, -0.2) is 0 Å². The van der Waals surface area contributed by atoms with E-state index < -0.39 is 0 Å². The third-order valence-electron chi connectivity index (χ3n) is 5.01. The van der Waals surface area contributed by atoms with Crippen LogP contribution in [0, 0.1) is 5.92 Å². The molecule has 0 aliphatic carbocycles. The van der Waals surface area contributed by atoms with E-state index in [0.717, 1.165) is 25.0 Å². The van der Waals surface area contributed by atoms with Crippen molar-refractivity contribution in [2.75, 3.05) is 38.5 Å². The van der Waals surface area contributed by atoms with Gasteiger partial charge in [0.15, 0.2) is 0 Å². The Morgan fingerprint density at radius 3 is 3.10 bits per heavy atom. The van der Waals surface area contributed by atoms with Gasteiger partial charge in [0.25, 0.3) is 0 Å². The monoisotopic (exact) mass is 288 g/mol. The summed E-state index contributed by atoms with van der Waals surface area (Å²) in [6, 6.07) is 5.06. The Hall–Kier alpha value is -1.13. The fourth-order valence-corrected chi connectivity index (χ4v) is 3.98. The molecule has 3 rings (SSSR count). The lowest BCUT2D eigenvalue weighted by Gasteiger charge is -2.46. The Labute approximate surface area is 128 Å². The Morgan fingerprint density at radius 1 is 1.33 bits per heavy atom. The summed E-state index contributed by atoms with van der Waals surface area (Å²) in [7, 11) is 2.30. The predicted octanol–water partition coefficient (Wildman–Crippen LogP) is 2.43. The predicted molar refractivity (Wildman–Crippen MR) is 87.4 cm³/mol. The van der Waals surface area contributed by atoms with Gasteiger partial charge in [-0.1, -0.05) is 0 Å². The summed E-state index contributed by atoms with van der Waals surface area (Å²) < 4.78 is 0. The highest BCUT2D eigenvalue weighted by atomic mass is 15.2. The SMILES string of the molecule is CCNc1ccnc(CN2CCC3C(CCCN3C)C2)c1. The third-order valence-corrected chi connectivity index (χ3v) is 5.01. The smallest absolute Gasteiger partial charge is 0.0564 e. The highest BCUT2D eigenvalue weighted by Gasteiger charge is 2.34. The molecule has 0 spiro atoms. The van der Waals surface area contributed by atoms with E-state index in [2.05, 4.69) is 46.2 Å². The van der Waals surface area contributed by atoms with Crippen LogP contribution in [0.15, 0.2) is 18.3 Å². The largest absolute Gasteiger partial charge is 0.385 e. The van der Waals surface area contributed by atoms with Crippen LogP contribution < -0.4 is 5.32 Å². The summed E-state index contributed by atoms with van der Waals surface area (Å²) in [5, 5.41) is 3.37. The lowest BCUT2D eigenvalue weighted by Crippen LogP contribution is -2.52. The Bertz CT molecular complexity index is 462. The number of anilines is 1. The molecular formula is C17H28N4. The second kappa shape index (κ2) is 6.75. The van der Waals surface area contributed by atoms with Crippen molar-refractivity contribution >= 4 is 5.69 Å². The van der Waals surface area contributed by atoms with Gasteiger partial charge < -0.3 is 10.2 Å². The first-order valence-corrected chi connectivity index (χ1v) is 8.37. The van der Waals surface area contributed by atoms with E-state index in [0.29, 0.717) is 0 Å². The van der Waals surface area contributed by atoms with E-state index in [1.165, 1.54) is 50.3 Å². The van der Waals surface area contributed by atoms with Crippen molar-refractivity contribution < 1.29 is 0 Å². The second-order valence-corrected chi connectivity index (χ2v) is 6.54. The van der Waals surface area contributed by atoms with E-state index in [1.54, 1.807) is 0 Å². The van der Waals surface area contributed by atoms with Gasteiger partial charge in [0, 0.05) is 44.1 Å². The Balaban J connectivity index is 1.60. The zero-order valence-corrected chi connectivity index (χ0v) is 13.4. The maximum atomic E-state index is 4.54. The first-order valence-electron chi connectivity index (χ1n) is 8.37. The molecule has 0 aromatic carbocycles. The van der Waals surface area contributed by atoms with Crippen LogP contribution in [0.4, 0.5) is 5.69 Å². The van der Waals surface area contributed by atoms with E-state index >= 15 is 0 Å². The third kappa shape index (κ3) is 3.55. The van der Waals surface area contributed by atoms with E-state index in [9.17, 15) is 0 Å². The van der Waals surface area contributed by atoms with Crippen LogP contribution in [0.1, 0.15) is 31.9 Å². The number of likely N-dealkylation sites (tertiary alicyclic amines) is 2. The summed E-state index contributed by atoms with van der Waals surface area (Å²) in [5.41, 5.74) is 2.38. The molecule has 21 heavy (non-hydrogen) atoms. The summed E-state index contributed by atoms with van der Waals surface area (Å²) in [6.45, 7) is 7.81. The molecule has 1 aromatic rings. The number of hydrogen-bond donors (Lipinski definition) is 1. The van der Waals surface area contributed by atoms with Crippen molar-refractivity contribution in [2.45, 2.75) is 38.8 Å².